The van der Waals surface area contributed by atoms with Gasteiger partial charge in [0.15, 0.2) is 0 Å². The molecular formula is C9H12N2. The molecule has 1 N–H and O–H groups in total. The average molecular weight is 148 g/mol. The van der Waals surface area contributed by atoms with Crippen molar-refractivity contribution in [2.45, 2.75) is 13.8 Å². The molecule has 1 aromatic heterocycles. The molecule has 0 aliphatic rings. The molecule has 2 heteroatoms. The van der Waals surface area contributed by atoms with Crippen LogP contribution in [0.15, 0.2) is 18.3 Å². The molecule has 11 heavy (non-hydrogen) atoms. The van der Waals surface area contributed by atoms with E-state index in [1.54, 1.807) is 12.3 Å². The van der Waals surface area contributed by atoms with Crippen molar-refractivity contribution in [1.82, 2.24) is 10.2 Å². The highest BCUT2D eigenvalue weighted by molar-refractivity contribution is 5.61. The molecule has 0 aliphatic carbocycles. The zero-order valence-electron chi connectivity index (χ0n) is 6.89. The predicted molar refractivity (Wildman–Crippen MR) is 48.0 cm³/mol. The van der Waals surface area contributed by atoms with E-state index in [2.05, 4.69) is 36.7 Å². The largest absolute Gasteiger partial charge is 0.278 e. The third-order valence-corrected chi connectivity index (χ3v) is 1.35. The Balaban J connectivity index is 3.03. The van der Waals surface area contributed by atoms with Gasteiger partial charge in [0.25, 0.3) is 0 Å². The van der Waals surface area contributed by atoms with Crippen molar-refractivity contribution >= 4 is 12.2 Å². The fourth-order valence-corrected chi connectivity index (χ4v) is 0.895. The Hall–Kier alpha value is -1.31. The van der Waals surface area contributed by atoms with Crippen LogP contribution in [0.2, 0.25) is 0 Å². The molecule has 0 saturated heterocycles. The topological polar surface area (TPSA) is 28.7 Å². The number of allylic oxidation sites excluding steroid dienone is 1. The van der Waals surface area contributed by atoms with Gasteiger partial charge >= 0.3 is 0 Å². The summed E-state index contributed by atoms with van der Waals surface area (Å²) in [6, 6.07) is 0. The van der Waals surface area contributed by atoms with E-state index in [4.69, 9.17) is 0 Å². The first-order valence-corrected chi connectivity index (χ1v) is 3.54. The number of hydrogen-bond donors (Lipinski definition) is 1. The molecule has 0 fully saturated rings. The maximum Gasteiger partial charge on any atom is 0.0644 e. The lowest BCUT2D eigenvalue weighted by molar-refractivity contribution is 1.08. The summed E-state index contributed by atoms with van der Waals surface area (Å²) < 4.78 is 0. The molecule has 1 heterocycles. The first kappa shape index (κ1) is 7.79. The number of nitrogens with zero attached hydrogens (tertiary/aromatic N) is 1. The normalized spacial score (nSPS) is 9.27. The van der Waals surface area contributed by atoms with Gasteiger partial charge in [0.2, 0.25) is 0 Å². The van der Waals surface area contributed by atoms with Gasteiger partial charge in [-0.25, -0.2) is 0 Å². The summed E-state index contributed by atoms with van der Waals surface area (Å²) in [4.78, 5) is 0. The van der Waals surface area contributed by atoms with Gasteiger partial charge in [-0.3, -0.25) is 5.10 Å². The number of nitrogens with one attached hydrogen (secondary N) is 1. The zero-order valence-corrected chi connectivity index (χ0v) is 6.89. The summed E-state index contributed by atoms with van der Waals surface area (Å²) in [5.74, 6) is 0. The van der Waals surface area contributed by atoms with Crippen LogP contribution in [0, 0.1) is 0 Å². The van der Waals surface area contributed by atoms with Crippen LogP contribution >= 0.6 is 0 Å². The standard InChI is InChI=1S/C9H12N2/c1-4-9-8(5-7(2)3)6-10-11-9/h4-6H,1H2,2-3H3,(H,10,11). The highest BCUT2D eigenvalue weighted by Gasteiger charge is 1.95. The summed E-state index contributed by atoms with van der Waals surface area (Å²) >= 11 is 0. The van der Waals surface area contributed by atoms with Crippen molar-refractivity contribution in [2.24, 2.45) is 0 Å². The summed E-state index contributed by atoms with van der Waals surface area (Å²) in [6.45, 7) is 7.78. The van der Waals surface area contributed by atoms with Crippen molar-refractivity contribution in [2.75, 3.05) is 0 Å². The number of aromatic amines is 1. The van der Waals surface area contributed by atoms with Crippen LogP contribution in [0.1, 0.15) is 25.1 Å². The van der Waals surface area contributed by atoms with E-state index in [1.165, 1.54) is 5.57 Å². The Labute approximate surface area is 66.6 Å². The fraction of sp³-hybridized carbons (Fsp3) is 0.222. The van der Waals surface area contributed by atoms with E-state index in [0.717, 1.165) is 11.3 Å². The molecule has 0 unspecified atom stereocenters. The van der Waals surface area contributed by atoms with Gasteiger partial charge in [0.1, 0.15) is 0 Å². The third kappa shape index (κ3) is 1.80. The third-order valence-electron chi connectivity index (χ3n) is 1.35. The highest BCUT2D eigenvalue weighted by atomic mass is 15.1. The smallest absolute Gasteiger partial charge is 0.0644 e. The van der Waals surface area contributed by atoms with Gasteiger partial charge in [0.05, 0.1) is 11.9 Å². The van der Waals surface area contributed by atoms with Crippen LogP contribution in [-0.4, -0.2) is 10.2 Å². The molecule has 0 atom stereocenters. The average Bonchev–Trinajstić information content (AvgIpc) is 2.34. The summed E-state index contributed by atoms with van der Waals surface area (Å²) in [6.07, 6.45) is 5.63. The molecule has 0 aromatic carbocycles. The maximum atomic E-state index is 3.91. The minimum atomic E-state index is 0.978. The molecular weight excluding hydrogens is 136 g/mol. The van der Waals surface area contributed by atoms with Crippen molar-refractivity contribution in [3.8, 4) is 0 Å². The van der Waals surface area contributed by atoms with Gasteiger partial charge in [0, 0.05) is 5.56 Å². The van der Waals surface area contributed by atoms with Crippen molar-refractivity contribution < 1.29 is 0 Å². The van der Waals surface area contributed by atoms with Crippen LogP contribution in [0.5, 0.6) is 0 Å². The van der Waals surface area contributed by atoms with Crippen LogP contribution in [0.25, 0.3) is 12.2 Å². The first-order chi connectivity index (χ1) is 5.24. The number of hydrogen-bond acceptors (Lipinski definition) is 1. The van der Waals surface area contributed by atoms with Gasteiger partial charge in [-0.05, 0) is 19.9 Å². The second-order valence-electron chi connectivity index (χ2n) is 2.66. The van der Waals surface area contributed by atoms with E-state index >= 15 is 0 Å². The van der Waals surface area contributed by atoms with Crippen molar-refractivity contribution in [1.29, 1.82) is 0 Å². The predicted octanol–water partition coefficient (Wildman–Crippen LogP) is 2.48. The van der Waals surface area contributed by atoms with Gasteiger partial charge < -0.3 is 0 Å². The SMILES string of the molecule is C=Cc1[nH]ncc1C=C(C)C. The van der Waals surface area contributed by atoms with Gasteiger partial charge in [-0.2, -0.15) is 5.10 Å². The molecule has 0 amide bonds. The summed E-state index contributed by atoms with van der Waals surface area (Å²) in [5, 5.41) is 6.75. The molecule has 0 bridgehead atoms. The lowest BCUT2D eigenvalue weighted by Gasteiger charge is -1.90. The van der Waals surface area contributed by atoms with Crippen LogP contribution < -0.4 is 0 Å². The van der Waals surface area contributed by atoms with Crippen LogP contribution in [0.3, 0.4) is 0 Å². The van der Waals surface area contributed by atoms with E-state index in [-0.39, 0.29) is 0 Å². The monoisotopic (exact) mass is 148 g/mol. The van der Waals surface area contributed by atoms with Gasteiger partial charge in [-0.15, -0.1) is 0 Å². The number of rotatable bonds is 2. The van der Waals surface area contributed by atoms with Crippen LogP contribution in [-0.2, 0) is 0 Å². The molecule has 0 spiro atoms. The Bertz CT molecular complexity index is 278. The number of H-pyrrole nitrogens is 1. The Morgan fingerprint density at radius 3 is 2.91 bits per heavy atom. The highest BCUT2D eigenvalue weighted by Crippen LogP contribution is 2.10. The van der Waals surface area contributed by atoms with Crippen LogP contribution in [0.4, 0.5) is 0 Å². The van der Waals surface area contributed by atoms with E-state index in [0.29, 0.717) is 0 Å². The Morgan fingerprint density at radius 1 is 1.64 bits per heavy atom. The van der Waals surface area contributed by atoms with E-state index < -0.39 is 0 Å². The van der Waals surface area contributed by atoms with Crippen molar-refractivity contribution in [3.05, 3.63) is 29.6 Å². The summed E-state index contributed by atoms with van der Waals surface area (Å²) in [7, 11) is 0. The Kier molecular flexibility index (Phi) is 2.26. The minimum Gasteiger partial charge on any atom is -0.278 e. The number of aromatic nitrogens is 2. The van der Waals surface area contributed by atoms with E-state index in [1.807, 2.05) is 0 Å². The molecule has 1 rings (SSSR count). The maximum absolute atomic E-state index is 3.91. The Morgan fingerprint density at radius 2 is 2.36 bits per heavy atom. The minimum absolute atomic E-state index is 0.978. The second-order valence-corrected chi connectivity index (χ2v) is 2.66. The van der Waals surface area contributed by atoms with Gasteiger partial charge in [-0.1, -0.05) is 18.2 Å². The van der Waals surface area contributed by atoms with E-state index in [9.17, 15) is 0 Å². The second kappa shape index (κ2) is 3.19. The zero-order chi connectivity index (χ0) is 8.27. The lowest BCUT2D eigenvalue weighted by Crippen LogP contribution is -1.74. The lowest BCUT2D eigenvalue weighted by atomic mass is 10.2. The molecule has 0 aliphatic heterocycles. The summed E-state index contributed by atoms with van der Waals surface area (Å²) in [5.41, 5.74) is 3.33. The molecule has 2 nitrogen and oxygen atoms in total. The molecule has 0 radical (unpaired) electrons. The quantitative estimate of drug-likeness (QED) is 0.685. The van der Waals surface area contributed by atoms with Crippen molar-refractivity contribution in [3.63, 3.8) is 0 Å². The fourth-order valence-electron chi connectivity index (χ4n) is 0.895. The molecule has 58 valence electrons. The molecule has 0 saturated carbocycles. The first-order valence-electron chi connectivity index (χ1n) is 3.54. The molecule has 1 aromatic rings.